The van der Waals surface area contributed by atoms with Gasteiger partial charge in [0.05, 0.1) is 11.3 Å². The van der Waals surface area contributed by atoms with Crippen molar-refractivity contribution in [3.8, 4) is 0 Å². The highest BCUT2D eigenvalue weighted by Crippen LogP contribution is 2.31. The van der Waals surface area contributed by atoms with Gasteiger partial charge in [-0.05, 0) is 49.9 Å². The van der Waals surface area contributed by atoms with Crippen LogP contribution in [0.1, 0.15) is 39.1 Å². The number of nitrogens with two attached hydrogens (primary N) is 1. The summed E-state index contributed by atoms with van der Waals surface area (Å²) >= 11 is 0. The SMILES string of the molecule is Cc1cccc(C(=O)Nc2ccccc2C(=O)NCC(N)C2CC2)c1.Cl. The molecule has 2 aromatic carbocycles. The van der Waals surface area contributed by atoms with Gasteiger partial charge in [-0.3, -0.25) is 9.59 Å². The molecule has 0 aromatic heterocycles. The summed E-state index contributed by atoms with van der Waals surface area (Å²) in [5.41, 5.74) is 8.53. The average Bonchev–Trinajstić information content (AvgIpc) is 3.45. The van der Waals surface area contributed by atoms with Crippen LogP contribution in [0.4, 0.5) is 5.69 Å². The van der Waals surface area contributed by atoms with Crippen molar-refractivity contribution in [1.82, 2.24) is 5.32 Å². The number of carbonyl (C=O) groups is 2. The van der Waals surface area contributed by atoms with Crippen molar-refractivity contribution in [3.05, 3.63) is 65.2 Å². The maximum atomic E-state index is 12.5. The summed E-state index contributed by atoms with van der Waals surface area (Å²) in [7, 11) is 0. The molecular formula is C20H24ClN3O2. The molecule has 1 aliphatic rings. The minimum absolute atomic E-state index is 0. The molecule has 1 saturated carbocycles. The van der Waals surface area contributed by atoms with E-state index in [1.807, 2.05) is 25.1 Å². The molecule has 1 fully saturated rings. The number of amides is 2. The molecule has 0 spiro atoms. The number of para-hydroxylation sites is 1. The molecule has 4 N–H and O–H groups in total. The number of halogens is 1. The highest BCUT2D eigenvalue weighted by atomic mass is 35.5. The first-order valence-electron chi connectivity index (χ1n) is 8.55. The van der Waals surface area contributed by atoms with E-state index in [-0.39, 0.29) is 30.3 Å². The van der Waals surface area contributed by atoms with Gasteiger partial charge in [0.15, 0.2) is 0 Å². The third-order valence-electron chi connectivity index (χ3n) is 4.43. The summed E-state index contributed by atoms with van der Waals surface area (Å²) in [5, 5.41) is 5.69. The van der Waals surface area contributed by atoms with Crippen LogP contribution in [0, 0.1) is 12.8 Å². The number of nitrogens with one attached hydrogen (secondary N) is 2. The van der Waals surface area contributed by atoms with Crippen molar-refractivity contribution in [3.63, 3.8) is 0 Å². The van der Waals surface area contributed by atoms with Crippen molar-refractivity contribution in [2.24, 2.45) is 11.7 Å². The van der Waals surface area contributed by atoms with Gasteiger partial charge in [0, 0.05) is 18.2 Å². The van der Waals surface area contributed by atoms with Crippen LogP contribution in [-0.4, -0.2) is 24.4 Å². The molecule has 3 rings (SSSR count). The van der Waals surface area contributed by atoms with Crippen LogP contribution < -0.4 is 16.4 Å². The smallest absolute Gasteiger partial charge is 0.255 e. The van der Waals surface area contributed by atoms with Crippen LogP contribution in [0.3, 0.4) is 0 Å². The highest BCUT2D eigenvalue weighted by molar-refractivity contribution is 6.09. The highest BCUT2D eigenvalue weighted by Gasteiger charge is 2.28. The zero-order valence-electron chi connectivity index (χ0n) is 14.7. The van der Waals surface area contributed by atoms with E-state index in [1.54, 1.807) is 30.3 Å². The van der Waals surface area contributed by atoms with Crippen molar-refractivity contribution in [2.75, 3.05) is 11.9 Å². The number of rotatable bonds is 6. The van der Waals surface area contributed by atoms with Crippen LogP contribution in [0.5, 0.6) is 0 Å². The Labute approximate surface area is 159 Å². The number of benzene rings is 2. The maximum Gasteiger partial charge on any atom is 0.255 e. The predicted molar refractivity (Wildman–Crippen MR) is 106 cm³/mol. The van der Waals surface area contributed by atoms with Crippen LogP contribution in [0.2, 0.25) is 0 Å². The van der Waals surface area contributed by atoms with Gasteiger partial charge in [0.25, 0.3) is 11.8 Å². The molecule has 2 amide bonds. The summed E-state index contributed by atoms with van der Waals surface area (Å²) in [6.07, 6.45) is 2.28. The second-order valence-electron chi connectivity index (χ2n) is 6.58. The molecule has 0 radical (unpaired) electrons. The standard InChI is InChI=1S/C20H23N3O2.ClH/c1-13-5-4-6-15(11-13)19(24)23-18-8-3-2-7-16(18)20(25)22-12-17(21)14-9-10-14;/h2-8,11,14,17H,9-10,12,21H2,1H3,(H,22,25)(H,23,24);1H. The second-order valence-corrected chi connectivity index (χ2v) is 6.58. The van der Waals surface area contributed by atoms with Gasteiger partial charge < -0.3 is 16.4 Å². The Morgan fingerprint density at radius 2 is 1.85 bits per heavy atom. The van der Waals surface area contributed by atoms with Gasteiger partial charge >= 0.3 is 0 Å². The third-order valence-corrected chi connectivity index (χ3v) is 4.43. The molecular weight excluding hydrogens is 350 g/mol. The minimum atomic E-state index is -0.237. The van der Waals surface area contributed by atoms with Crippen LogP contribution >= 0.6 is 12.4 Å². The Morgan fingerprint density at radius 1 is 1.12 bits per heavy atom. The first-order valence-corrected chi connectivity index (χ1v) is 8.55. The fourth-order valence-corrected chi connectivity index (χ4v) is 2.77. The van der Waals surface area contributed by atoms with Crippen LogP contribution in [-0.2, 0) is 0 Å². The Morgan fingerprint density at radius 3 is 2.54 bits per heavy atom. The van der Waals surface area contributed by atoms with Crippen molar-refractivity contribution in [1.29, 1.82) is 0 Å². The van der Waals surface area contributed by atoms with Crippen molar-refractivity contribution < 1.29 is 9.59 Å². The van der Waals surface area contributed by atoms with Crippen molar-refractivity contribution in [2.45, 2.75) is 25.8 Å². The molecule has 26 heavy (non-hydrogen) atoms. The lowest BCUT2D eigenvalue weighted by molar-refractivity contribution is 0.0951. The Balaban J connectivity index is 0.00000243. The summed E-state index contributed by atoms with van der Waals surface area (Å²) in [6, 6.07) is 14.3. The second kappa shape index (κ2) is 8.83. The lowest BCUT2D eigenvalue weighted by atomic mass is 10.1. The quantitative estimate of drug-likeness (QED) is 0.727. The molecule has 5 nitrogen and oxygen atoms in total. The van der Waals surface area contributed by atoms with E-state index in [1.165, 1.54) is 0 Å². The van der Waals surface area contributed by atoms with Gasteiger partial charge in [-0.1, -0.05) is 29.8 Å². The number of hydrogen-bond acceptors (Lipinski definition) is 3. The zero-order valence-corrected chi connectivity index (χ0v) is 15.5. The normalized spacial score (nSPS) is 14.1. The maximum absolute atomic E-state index is 12.5. The fraction of sp³-hybridized carbons (Fsp3) is 0.300. The number of carbonyl (C=O) groups excluding carboxylic acids is 2. The van der Waals surface area contributed by atoms with E-state index in [0.29, 0.717) is 29.3 Å². The third kappa shape index (κ3) is 5.07. The van der Waals surface area contributed by atoms with E-state index in [2.05, 4.69) is 10.6 Å². The molecule has 0 saturated heterocycles. The summed E-state index contributed by atoms with van der Waals surface area (Å²) in [6.45, 7) is 2.38. The summed E-state index contributed by atoms with van der Waals surface area (Å²) in [5.74, 6) is 0.0615. The molecule has 0 bridgehead atoms. The zero-order chi connectivity index (χ0) is 17.8. The molecule has 0 heterocycles. The number of anilines is 1. The largest absolute Gasteiger partial charge is 0.350 e. The first kappa shape index (κ1) is 19.9. The van der Waals surface area contributed by atoms with Gasteiger partial charge in [0.2, 0.25) is 0 Å². The molecule has 2 aromatic rings. The number of hydrogen-bond donors (Lipinski definition) is 3. The Bertz CT molecular complexity index is 790. The lowest BCUT2D eigenvalue weighted by Gasteiger charge is -2.14. The van der Waals surface area contributed by atoms with Crippen LogP contribution in [0.15, 0.2) is 48.5 Å². The molecule has 1 unspecified atom stereocenters. The van der Waals surface area contributed by atoms with E-state index >= 15 is 0 Å². The monoisotopic (exact) mass is 373 g/mol. The molecule has 1 aliphatic carbocycles. The van der Waals surface area contributed by atoms with E-state index < -0.39 is 0 Å². The Kier molecular flexibility index (Phi) is 6.77. The fourth-order valence-electron chi connectivity index (χ4n) is 2.77. The summed E-state index contributed by atoms with van der Waals surface area (Å²) in [4.78, 5) is 24.9. The molecule has 6 heteroatoms. The topological polar surface area (TPSA) is 84.2 Å². The van der Waals surface area contributed by atoms with E-state index in [4.69, 9.17) is 5.73 Å². The van der Waals surface area contributed by atoms with Gasteiger partial charge in [0.1, 0.15) is 0 Å². The number of aryl methyl sites for hydroxylation is 1. The summed E-state index contributed by atoms with van der Waals surface area (Å²) < 4.78 is 0. The van der Waals surface area contributed by atoms with Gasteiger partial charge in [-0.15, -0.1) is 12.4 Å². The van der Waals surface area contributed by atoms with Gasteiger partial charge in [-0.2, -0.15) is 0 Å². The van der Waals surface area contributed by atoms with Gasteiger partial charge in [-0.25, -0.2) is 0 Å². The predicted octanol–water partition coefficient (Wildman–Crippen LogP) is 3.14. The first-order chi connectivity index (χ1) is 12.0. The minimum Gasteiger partial charge on any atom is -0.350 e. The molecule has 1 atom stereocenters. The van der Waals surface area contributed by atoms with E-state index in [9.17, 15) is 9.59 Å². The molecule has 0 aliphatic heterocycles. The average molecular weight is 374 g/mol. The Hall–Kier alpha value is -2.37. The lowest BCUT2D eigenvalue weighted by Crippen LogP contribution is -2.38. The van der Waals surface area contributed by atoms with Crippen LogP contribution in [0.25, 0.3) is 0 Å². The van der Waals surface area contributed by atoms with E-state index in [0.717, 1.165) is 18.4 Å². The van der Waals surface area contributed by atoms with Crippen molar-refractivity contribution >= 4 is 29.9 Å². The molecule has 138 valence electrons.